The van der Waals surface area contributed by atoms with Gasteiger partial charge < -0.3 is 28.8 Å². The Labute approximate surface area is 208 Å². The minimum atomic E-state index is -0.774. The van der Waals surface area contributed by atoms with E-state index < -0.39 is 23.1 Å². The summed E-state index contributed by atoms with van der Waals surface area (Å²) < 4.78 is 21.7. The van der Waals surface area contributed by atoms with Gasteiger partial charge in [0.05, 0.1) is 40.2 Å². The van der Waals surface area contributed by atoms with Crippen LogP contribution in [0.15, 0.2) is 51.7 Å². The van der Waals surface area contributed by atoms with E-state index in [2.05, 4.69) is 4.90 Å². The Morgan fingerprint density at radius 2 is 1.69 bits per heavy atom. The number of nitrogens with zero attached hydrogens (tertiary/aromatic N) is 1. The van der Waals surface area contributed by atoms with Gasteiger partial charge in [-0.2, -0.15) is 0 Å². The predicted octanol–water partition coefficient (Wildman–Crippen LogP) is 3.32. The van der Waals surface area contributed by atoms with E-state index in [-0.39, 0.29) is 17.9 Å². The largest absolute Gasteiger partial charge is 0.508 e. The zero-order chi connectivity index (χ0) is 25.8. The number of phenolic OH excluding ortho intramolecular Hbond substituents is 1. The molecule has 1 atom stereocenters. The lowest BCUT2D eigenvalue weighted by Gasteiger charge is -2.29. The van der Waals surface area contributed by atoms with E-state index in [1.165, 1.54) is 30.9 Å². The molecule has 0 aliphatic carbocycles. The molecule has 0 radical (unpaired) electrons. The normalized spacial score (nSPS) is 14.1. The molecule has 4 rings (SSSR count). The number of benzene rings is 2. The molecule has 0 spiro atoms. The van der Waals surface area contributed by atoms with Crippen molar-refractivity contribution in [1.82, 2.24) is 4.90 Å². The van der Waals surface area contributed by atoms with Gasteiger partial charge in [0.15, 0.2) is 17.3 Å². The molecule has 36 heavy (non-hydrogen) atoms. The van der Waals surface area contributed by atoms with Crippen LogP contribution in [0.1, 0.15) is 40.5 Å². The summed E-state index contributed by atoms with van der Waals surface area (Å²) in [7, 11) is 4.47. The third-order valence-electron chi connectivity index (χ3n) is 6.39. The standard InChI is InChI=1S/C27H29NO8/c1-33-23-10-17-8-9-28(14-18(17)11-24(23)34-2)15-20-12-22(30)26(32)27(36-20)21(13-25(31)35-3)16-4-6-19(29)7-5-16/h4-7,10-12,21,29,32H,8-9,13-15H2,1-3H3/t21-/m0/s1. The number of phenols is 1. The number of carbonyl (C=O) groups is 1. The molecule has 190 valence electrons. The lowest BCUT2D eigenvalue weighted by atomic mass is 9.92. The Morgan fingerprint density at radius 1 is 1.03 bits per heavy atom. The average molecular weight is 496 g/mol. The van der Waals surface area contributed by atoms with Gasteiger partial charge in [-0.3, -0.25) is 14.5 Å². The number of aromatic hydroxyl groups is 2. The average Bonchev–Trinajstić information content (AvgIpc) is 2.89. The van der Waals surface area contributed by atoms with E-state index in [0.717, 1.165) is 18.5 Å². The van der Waals surface area contributed by atoms with Crippen molar-refractivity contribution in [3.05, 3.63) is 80.9 Å². The van der Waals surface area contributed by atoms with Crippen molar-refractivity contribution in [2.75, 3.05) is 27.9 Å². The monoisotopic (exact) mass is 495 g/mol. The van der Waals surface area contributed by atoms with E-state index in [0.29, 0.717) is 35.9 Å². The molecular formula is C27H29NO8. The summed E-state index contributed by atoms with van der Waals surface area (Å²) in [5.41, 5.74) is 2.25. The first-order valence-corrected chi connectivity index (χ1v) is 11.5. The maximum absolute atomic E-state index is 12.7. The highest BCUT2D eigenvalue weighted by atomic mass is 16.5. The predicted molar refractivity (Wildman–Crippen MR) is 131 cm³/mol. The molecule has 2 heterocycles. The fourth-order valence-electron chi connectivity index (χ4n) is 4.48. The number of hydrogen-bond donors (Lipinski definition) is 2. The fourth-order valence-corrected chi connectivity index (χ4v) is 4.48. The van der Waals surface area contributed by atoms with Crippen LogP contribution in [0.5, 0.6) is 23.0 Å². The van der Waals surface area contributed by atoms with Gasteiger partial charge in [-0.05, 0) is 47.4 Å². The molecule has 0 amide bonds. The van der Waals surface area contributed by atoms with Crippen molar-refractivity contribution in [3.63, 3.8) is 0 Å². The Hall–Kier alpha value is -3.98. The molecule has 0 fully saturated rings. The molecule has 2 aromatic carbocycles. The third kappa shape index (κ3) is 5.31. The van der Waals surface area contributed by atoms with Crippen LogP contribution >= 0.6 is 0 Å². The number of fused-ring (bicyclic) bond motifs is 1. The Bertz CT molecular complexity index is 1300. The van der Waals surface area contributed by atoms with Crippen molar-refractivity contribution < 1.29 is 33.6 Å². The van der Waals surface area contributed by atoms with E-state index in [1.54, 1.807) is 26.4 Å². The number of esters is 1. The van der Waals surface area contributed by atoms with Gasteiger partial charge in [0.2, 0.25) is 11.2 Å². The quantitative estimate of drug-likeness (QED) is 0.454. The van der Waals surface area contributed by atoms with Crippen molar-refractivity contribution in [3.8, 4) is 23.0 Å². The maximum atomic E-state index is 12.7. The minimum absolute atomic E-state index is 0.0163. The fraction of sp³-hybridized carbons (Fsp3) is 0.333. The summed E-state index contributed by atoms with van der Waals surface area (Å²) in [4.78, 5) is 27.0. The molecular weight excluding hydrogens is 466 g/mol. The van der Waals surface area contributed by atoms with Gasteiger partial charge in [-0.25, -0.2) is 0 Å². The van der Waals surface area contributed by atoms with Gasteiger partial charge in [-0.1, -0.05) is 12.1 Å². The summed E-state index contributed by atoms with van der Waals surface area (Å²) in [6.07, 6.45) is 0.628. The van der Waals surface area contributed by atoms with Crippen molar-refractivity contribution in [2.45, 2.75) is 31.8 Å². The van der Waals surface area contributed by atoms with Gasteiger partial charge >= 0.3 is 5.97 Å². The second-order valence-electron chi connectivity index (χ2n) is 8.65. The second-order valence-corrected chi connectivity index (χ2v) is 8.65. The van der Waals surface area contributed by atoms with Crippen LogP contribution in [0, 0.1) is 0 Å². The number of hydrogen-bond acceptors (Lipinski definition) is 9. The van der Waals surface area contributed by atoms with Crippen LogP contribution in [0.4, 0.5) is 0 Å². The Morgan fingerprint density at radius 3 is 2.33 bits per heavy atom. The molecule has 0 bridgehead atoms. The molecule has 0 unspecified atom stereocenters. The van der Waals surface area contributed by atoms with Crippen LogP contribution in [0.3, 0.4) is 0 Å². The van der Waals surface area contributed by atoms with E-state index >= 15 is 0 Å². The molecule has 3 aromatic rings. The molecule has 0 saturated carbocycles. The van der Waals surface area contributed by atoms with Crippen LogP contribution in [0.25, 0.3) is 0 Å². The van der Waals surface area contributed by atoms with Gasteiger partial charge in [0.25, 0.3) is 0 Å². The highest BCUT2D eigenvalue weighted by molar-refractivity contribution is 5.71. The molecule has 1 aliphatic rings. The summed E-state index contributed by atoms with van der Waals surface area (Å²) in [6.45, 7) is 1.67. The van der Waals surface area contributed by atoms with Crippen molar-refractivity contribution in [2.24, 2.45) is 0 Å². The Kier molecular flexibility index (Phi) is 7.49. The van der Waals surface area contributed by atoms with Gasteiger partial charge in [0, 0.05) is 19.2 Å². The van der Waals surface area contributed by atoms with Gasteiger partial charge in [-0.15, -0.1) is 0 Å². The minimum Gasteiger partial charge on any atom is -0.508 e. The number of ether oxygens (including phenoxy) is 3. The summed E-state index contributed by atoms with van der Waals surface area (Å²) >= 11 is 0. The lowest BCUT2D eigenvalue weighted by molar-refractivity contribution is -0.140. The summed E-state index contributed by atoms with van der Waals surface area (Å²) in [6, 6.07) is 11.4. The van der Waals surface area contributed by atoms with Crippen LogP contribution in [0.2, 0.25) is 0 Å². The topological polar surface area (TPSA) is 119 Å². The maximum Gasteiger partial charge on any atom is 0.306 e. The molecule has 9 heteroatoms. The number of carbonyl (C=O) groups excluding carboxylic acids is 1. The van der Waals surface area contributed by atoms with Crippen LogP contribution in [-0.2, 0) is 29.0 Å². The number of rotatable bonds is 8. The summed E-state index contributed by atoms with van der Waals surface area (Å²) in [5.74, 6) is -0.123. The van der Waals surface area contributed by atoms with Crippen molar-refractivity contribution in [1.29, 1.82) is 0 Å². The van der Waals surface area contributed by atoms with Gasteiger partial charge in [0.1, 0.15) is 11.5 Å². The molecule has 2 N–H and O–H groups in total. The van der Waals surface area contributed by atoms with Crippen molar-refractivity contribution >= 4 is 5.97 Å². The zero-order valence-corrected chi connectivity index (χ0v) is 20.4. The molecule has 1 aromatic heterocycles. The van der Waals surface area contributed by atoms with Crippen LogP contribution < -0.4 is 14.9 Å². The molecule has 9 nitrogen and oxygen atoms in total. The molecule has 1 aliphatic heterocycles. The smallest absolute Gasteiger partial charge is 0.306 e. The SMILES string of the molecule is COC(=O)C[C@@H](c1ccc(O)cc1)c1oc(CN2CCc3cc(OC)c(OC)cc3C2)cc(=O)c1O. The first-order chi connectivity index (χ1) is 17.3. The highest BCUT2D eigenvalue weighted by Crippen LogP contribution is 2.36. The van der Waals surface area contributed by atoms with E-state index in [9.17, 15) is 19.8 Å². The summed E-state index contributed by atoms with van der Waals surface area (Å²) in [5, 5.41) is 20.2. The highest BCUT2D eigenvalue weighted by Gasteiger charge is 2.27. The van der Waals surface area contributed by atoms with E-state index in [1.807, 2.05) is 12.1 Å². The second kappa shape index (κ2) is 10.7. The first kappa shape index (κ1) is 25.1. The van der Waals surface area contributed by atoms with Crippen LogP contribution in [-0.4, -0.2) is 49.0 Å². The number of methoxy groups -OCH3 is 3. The Balaban J connectivity index is 1.64. The lowest BCUT2D eigenvalue weighted by Crippen LogP contribution is -2.30. The van der Waals surface area contributed by atoms with E-state index in [4.69, 9.17) is 18.6 Å². The molecule has 0 saturated heterocycles. The third-order valence-corrected chi connectivity index (χ3v) is 6.39. The zero-order valence-electron chi connectivity index (χ0n) is 20.4. The first-order valence-electron chi connectivity index (χ1n) is 11.5.